The van der Waals surface area contributed by atoms with E-state index in [1.54, 1.807) is 18.5 Å². The highest BCUT2D eigenvalue weighted by Crippen LogP contribution is 2.26. The molecule has 2 atom stereocenters. The Balaban J connectivity index is 2.17. The molecular weight excluding hydrogens is 256 g/mol. The SMILES string of the molecule is CC1CN(C(=O)c2cnccc2Cl)CC(C)S1. The maximum Gasteiger partial charge on any atom is 0.257 e. The van der Waals surface area contributed by atoms with E-state index in [0.717, 1.165) is 13.1 Å². The molecule has 0 radical (unpaired) electrons. The Hall–Kier alpha value is -0.740. The number of halogens is 1. The maximum absolute atomic E-state index is 12.3. The maximum atomic E-state index is 12.3. The summed E-state index contributed by atoms with van der Waals surface area (Å²) < 4.78 is 0. The van der Waals surface area contributed by atoms with Crippen LogP contribution in [0.15, 0.2) is 18.5 Å². The molecule has 2 unspecified atom stereocenters. The van der Waals surface area contributed by atoms with Gasteiger partial charge < -0.3 is 4.90 Å². The number of hydrogen-bond acceptors (Lipinski definition) is 3. The fourth-order valence-corrected chi connectivity index (χ4v) is 3.56. The number of amides is 1. The third kappa shape index (κ3) is 2.93. The van der Waals surface area contributed by atoms with Gasteiger partial charge in [-0.15, -0.1) is 0 Å². The summed E-state index contributed by atoms with van der Waals surface area (Å²) in [5.74, 6) is -0.0119. The van der Waals surface area contributed by atoms with E-state index in [4.69, 9.17) is 11.6 Å². The first kappa shape index (κ1) is 12.7. The van der Waals surface area contributed by atoms with Crippen molar-refractivity contribution in [3.63, 3.8) is 0 Å². The molecule has 0 saturated carbocycles. The fraction of sp³-hybridized carbons (Fsp3) is 0.500. The number of carbonyl (C=O) groups excluding carboxylic acids is 1. The lowest BCUT2D eigenvalue weighted by molar-refractivity contribution is 0.0753. The molecule has 17 heavy (non-hydrogen) atoms. The van der Waals surface area contributed by atoms with Crippen LogP contribution < -0.4 is 0 Å². The van der Waals surface area contributed by atoms with Crippen LogP contribution >= 0.6 is 23.4 Å². The van der Waals surface area contributed by atoms with E-state index in [1.807, 2.05) is 16.7 Å². The lowest BCUT2D eigenvalue weighted by Crippen LogP contribution is -2.44. The Morgan fingerprint density at radius 2 is 2.12 bits per heavy atom. The lowest BCUT2D eigenvalue weighted by Gasteiger charge is -2.34. The van der Waals surface area contributed by atoms with Gasteiger partial charge in [-0.2, -0.15) is 11.8 Å². The summed E-state index contributed by atoms with van der Waals surface area (Å²) in [5, 5.41) is 1.42. The standard InChI is InChI=1S/C12H15ClN2OS/c1-8-6-15(7-9(2)17-8)12(16)10-5-14-4-3-11(10)13/h3-5,8-9H,6-7H2,1-2H3. The van der Waals surface area contributed by atoms with Crippen LogP contribution in [0, 0.1) is 0 Å². The van der Waals surface area contributed by atoms with Crippen molar-refractivity contribution >= 4 is 29.3 Å². The number of rotatable bonds is 1. The lowest BCUT2D eigenvalue weighted by atomic mass is 10.2. The minimum atomic E-state index is -0.0119. The third-order valence-electron chi connectivity index (χ3n) is 2.71. The van der Waals surface area contributed by atoms with Crippen LogP contribution in [0.4, 0.5) is 0 Å². The first-order valence-electron chi connectivity index (χ1n) is 5.62. The summed E-state index contributed by atoms with van der Waals surface area (Å²) in [6, 6.07) is 1.65. The molecule has 5 heteroatoms. The molecule has 92 valence electrons. The van der Waals surface area contributed by atoms with Gasteiger partial charge in [0.15, 0.2) is 0 Å². The minimum Gasteiger partial charge on any atom is -0.336 e. The smallest absolute Gasteiger partial charge is 0.257 e. The van der Waals surface area contributed by atoms with Gasteiger partial charge in [0.1, 0.15) is 0 Å². The highest BCUT2D eigenvalue weighted by molar-refractivity contribution is 8.00. The molecule has 0 N–H and O–H groups in total. The van der Waals surface area contributed by atoms with Crippen molar-refractivity contribution in [3.8, 4) is 0 Å². The average Bonchev–Trinajstić information content (AvgIpc) is 2.27. The summed E-state index contributed by atoms with van der Waals surface area (Å²) in [4.78, 5) is 18.1. The molecule has 1 aromatic heterocycles. The van der Waals surface area contributed by atoms with Gasteiger partial charge in [0.2, 0.25) is 0 Å². The second kappa shape index (κ2) is 5.27. The molecule has 0 spiro atoms. The largest absolute Gasteiger partial charge is 0.336 e. The molecule has 1 aliphatic heterocycles. The Morgan fingerprint density at radius 3 is 2.71 bits per heavy atom. The molecule has 3 nitrogen and oxygen atoms in total. The zero-order valence-corrected chi connectivity index (χ0v) is 11.5. The summed E-state index contributed by atoms with van der Waals surface area (Å²) in [6.07, 6.45) is 3.14. The fourth-order valence-electron chi connectivity index (χ4n) is 2.05. The minimum absolute atomic E-state index is 0.0119. The van der Waals surface area contributed by atoms with E-state index >= 15 is 0 Å². The van der Waals surface area contributed by atoms with Crippen molar-refractivity contribution in [2.45, 2.75) is 24.3 Å². The number of nitrogens with zero attached hydrogens (tertiary/aromatic N) is 2. The zero-order valence-electron chi connectivity index (χ0n) is 9.89. The summed E-state index contributed by atoms with van der Waals surface area (Å²) in [5.41, 5.74) is 0.500. The number of thioether (sulfide) groups is 1. The van der Waals surface area contributed by atoms with Crippen molar-refractivity contribution in [3.05, 3.63) is 29.0 Å². The normalized spacial score (nSPS) is 24.8. The Kier molecular flexibility index (Phi) is 3.94. The molecule has 2 heterocycles. The summed E-state index contributed by atoms with van der Waals surface area (Å²) in [6.45, 7) is 5.84. The Bertz CT molecular complexity index is 417. The molecule has 0 aliphatic carbocycles. The molecule has 0 bridgehead atoms. The highest BCUT2D eigenvalue weighted by Gasteiger charge is 2.27. The second-order valence-corrected chi connectivity index (χ2v) is 6.61. The van der Waals surface area contributed by atoms with Gasteiger partial charge in [-0.1, -0.05) is 25.4 Å². The second-order valence-electron chi connectivity index (χ2n) is 4.32. The summed E-state index contributed by atoms with van der Waals surface area (Å²) >= 11 is 7.94. The predicted molar refractivity (Wildman–Crippen MR) is 71.7 cm³/mol. The Labute approximate surface area is 111 Å². The molecule has 1 aliphatic rings. The van der Waals surface area contributed by atoms with E-state index in [2.05, 4.69) is 18.8 Å². The first-order chi connectivity index (χ1) is 8.08. The molecule has 1 saturated heterocycles. The third-order valence-corrected chi connectivity index (χ3v) is 4.26. The molecule has 1 aromatic rings. The van der Waals surface area contributed by atoms with Gasteiger partial charge in [0.05, 0.1) is 10.6 Å². The number of carbonyl (C=O) groups is 1. The van der Waals surface area contributed by atoms with Crippen LogP contribution in [-0.2, 0) is 0 Å². The predicted octanol–water partition coefficient (Wildman–Crippen LogP) is 2.70. The van der Waals surface area contributed by atoms with E-state index < -0.39 is 0 Å². The van der Waals surface area contributed by atoms with Crippen molar-refractivity contribution in [1.29, 1.82) is 0 Å². The zero-order chi connectivity index (χ0) is 12.4. The van der Waals surface area contributed by atoms with Gasteiger partial charge in [-0.3, -0.25) is 9.78 Å². The number of pyridine rings is 1. The molecule has 2 rings (SSSR count). The van der Waals surface area contributed by atoms with Gasteiger partial charge in [0, 0.05) is 36.0 Å². The van der Waals surface area contributed by atoms with Crippen LogP contribution in [0.5, 0.6) is 0 Å². The highest BCUT2D eigenvalue weighted by atomic mass is 35.5. The topological polar surface area (TPSA) is 33.2 Å². The average molecular weight is 271 g/mol. The van der Waals surface area contributed by atoms with Crippen molar-refractivity contribution < 1.29 is 4.79 Å². The quantitative estimate of drug-likeness (QED) is 0.787. The van der Waals surface area contributed by atoms with Crippen molar-refractivity contribution in [1.82, 2.24) is 9.88 Å². The monoisotopic (exact) mass is 270 g/mol. The molecule has 0 aromatic carbocycles. The molecule has 1 amide bonds. The van der Waals surface area contributed by atoms with E-state index in [9.17, 15) is 4.79 Å². The van der Waals surface area contributed by atoms with Crippen LogP contribution in [0.2, 0.25) is 5.02 Å². The van der Waals surface area contributed by atoms with E-state index in [0.29, 0.717) is 21.1 Å². The van der Waals surface area contributed by atoms with E-state index in [-0.39, 0.29) is 5.91 Å². The molecule has 1 fully saturated rings. The van der Waals surface area contributed by atoms with Crippen LogP contribution in [0.3, 0.4) is 0 Å². The summed E-state index contributed by atoms with van der Waals surface area (Å²) in [7, 11) is 0. The van der Waals surface area contributed by atoms with Crippen LogP contribution in [0.25, 0.3) is 0 Å². The van der Waals surface area contributed by atoms with E-state index in [1.165, 1.54) is 0 Å². The van der Waals surface area contributed by atoms with Crippen molar-refractivity contribution in [2.75, 3.05) is 13.1 Å². The van der Waals surface area contributed by atoms with Gasteiger partial charge in [-0.25, -0.2) is 0 Å². The van der Waals surface area contributed by atoms with Crippen LogP contribution in [0.1, 0.15) is 24.2 Å². The van der Waals surface area contributed by atoms with Gasteiger partial charge >= 0.3 is 0 Å². The van der Waals surface area contributed by atoms with Gasteiger partial charge in [0.25, 0.3) is 5.91 Å². The first-order valence-corrected chi connectivity index (χ1v) is 6.94. The number of aromatic nitrogens is 1. The van der Waals surface area contributed by atoms with Gasteiger partial charge in [-0.05, 0) is 6.07 Å². The van der Waals surface area contributed by atoms with Crippen molar-refractivity contribution in [2.24, 2.45) is 0 Å². The Morgan fingerprint density at radius 1 is 1.47 bits per heavy atom. The molecular formula is C12H15ClN2OS. The number of hydrogen-bond donors (Lipinski definition) is 0. The van der Waals surface area contributed by atoms with Crippen LogP contribution in [-0.4, -0.2) is 39.4 Å².